The Labute approximate surface area is 97.3 Å². The highest BCUT2D eigenvalue weighted by molar-refractivity contribution is 5.98. The van der Waals surface area contributed by atoms with Gasteiger partial charge in [-0.25, -0.2) is 0 Å². The van der Waals surface area contributed by atoms with Crippen LogP contribution in [0, 0.1) is 5.92 Å². The molecule has 0 N–H and O–H groups in total. The van der Waals surface area contributed by atoms with Crippen LogP contribution in [0.1, 0.15) is 38.5 Å². The maximum Gasteiger partial charge on any atom is 0.450 e. The van der Waals surface area contributed by atoms with Crippen molar-refractivity contribution in [1.29, 1.82) is 0 Å². The van der Waals surface area contributed by atoms with Gasteiger partial charge in [-0.3, -0.25) is 9.59 Å². The minimum Gasteiger partial charge on any atom is -0.465 e. The molecule has 0 saturated heterocycles. The van der Waals surface area contributed by atoms with Crippen LogP contribution in [-0.2, 0) is 14.3 Å². The lowest BCUT2D eigenvalue weighted by Gasteiger charge is -2.20. The van der Waals surface area contributed by atoms with Crippen molar-refractivity contribution < 1.29 is 27.5 Å². The SMILES string of the molecule is O=C(CC(=O)C(F)(F)F)OCC1CCCCC1. The second-order valence-electron chi connectivity index (χ2n) is 4.28. The lowest BCUT2D eigenvalue weighted by atomic mass is 9.90. The molecule has 0 spiro atoms. The molecule has 1 aliphatic rings. The van der Waals surface area contributed by atoms with Crippen LogP contribution >= 0.6 is 0 Å². The Morgan fingerprint density at radius 2 is 1.71 bits per heavy atom. The third kappa shape index (κ3) is 5.19. The van der Waals surface area contributed by atoms with Crippen molar-refractivity contribution in [1.82, 2.24) is 0 Å². The lowest BCUT2D eigenvalue weighted by molar-refractivity contribution is -0.175. The minimum atomic E-state index is -4.95. The predicted octanol–water partition coefficient (Wildman–Crippen LogP) is 2.63. The smallest absolute Gasteiger partial charge is 0.450 e. The topological polar surface area (TPSA) is 43.4 Å². The molecular weight excluding hydrogens is 237 g/mol. The minimum absolute atomic E-state index is 0.129. The molecule has 0 amide bonds. The molecule has 3 nitrogen and oxygen atoms in total. The average molecular weight is 252 g/mol. The molecule has 0 aromatic heterocycles. The van der Waals surface area contributed by atoms with E-state index in [-0.39, 0.29) is 12.5 Å². The number of hydrogen-bond acceptors (Lipinski definition) is 3. The van der Waals surface area contributed by atoms with E-state index in [0.29, 0.717) is 0 Å². The normalized spacial score (nSPS) is 17.8. The number of hydrogen-bond donors (Lipinski definition) is 0. The van der Waals surface area contributed by atoms with E-state index in [9.17, 15) is 22.8 Å². The lowest BCUT2D eigenvalue weighted by Crippen LogP contribution is -2.27. The van der Waals surface area contributed by atoms with Gasteiger partial charge in [0.2, 0.25) is 5.78 Å². The second-order valence-corrected chi connectivity index (χ2v) is 4.28. The van der Waals surface area contributed by atoms with E-state index in [4.69, 9.17) is 0 Å². The highest BCUT2D eigenvalue weighted by Crippen LogP contribution is 2.24. The van der Waals surface area contributed by atoms with E-state index < -0.39 is 24.3 Å². The number of ketones is 1. The summed E-state index contributed by atoms with van der Waals surface area (Å²) < 4.78 is 40.2. The number of rotatable bonds is 4. The third-order valence-corrected chi connectivity index (χ3v) is 2.83. The fourth-order valence-corrected chi connectivity index (χ4v) is 1.85. The summed E-state index contributed by atoms with van der Waals surface area (Å²) in [4.78, 5) is 21.5. The highest BCUT2D eigenvalue weighted by Gasteiger charge is 2.39. The van der Waals surface area contributed by atoms with Gasteiger partial charge in [0.1, 0.15) is 6.42 Å². The van der Waals surface area contributed by atoms with Crippen LogP contribution in [-0.4, -0.2) is 24.5 Å². The molecule has 0 bridgehead atoms. The zero-order valence-corrected chi connectivity index (χ0v) is 9.39. The molecule has 1 aliphatic carbocycles. The van der Waals surface area contributed by atoms with Gasteiger partial charge < -0.3 is 4.74 Å². The van der Waals surface area contributed by atoms with Gasteiger partial charge in [-0.2, -0.15) is 13.2 Å². The number of carbonyl (C=O) groups is 2. The van der Waals surface area contributed by atoms with Gasteiger partial charge in [0.15, 0.2) is 0 Å². The fourth-order valence-electron chi connectivity index (χ4n) is 1.85. The summed E-state index contributed by atoms with van der Waals surface area (Å²) in [6.45, 7) is 0.129. The summed E-state index contributed by atoms with van der Waals surface area (Å²) in [5.74, 6) is -2.90. The number of ether oxygens (including phenoxy) is 1. The zero-order valence-electron chi connectivity index (χ0n) is 9.39. The first-order valence-corrected chi connectivity index (χ1v) is 5.65. The average Bonchev–Trinajstić information content (AvgIpc) is 2.26. The molecule has 6 heteroatoms. The van der Waals surface area contributed by atoms with Crippen LogP contribution in [0.3, 0.4) is 0 Å². The molecule has 98 valence electrons. The molecule has 0 aromatic rings. The quantitative estimate of drug-likeness (QED) is 0.570. The first-order valence-electron chi connectivity index (χ1n) is 5.65. The Morgan fingerprint density at radius 1 is 1.12 bits per heavy atom. The zero-order chi connectivity index (χ0) is 12.9. The number of halogens is 3. The van der Waals surface area contributed by atoms with Gasteiger partial charge in [-0.15, -0.1) is 0 Å². The summed E-state index contributed by atoms with van der Waals surface area (Å²) in [5.41, 5.74) is 0. The fraction of sp³-hybridized carbons (Fsp3) is 0.818. The number of carbonyl (C=O) groups excluding carboxylic acids is 2. The van der Waals surface area contributed by atoms with Gasteiger partial charge in [0.25, 0.3) is 0 Å². The highest BCUT2D eigenvalue weighted by atomic mass is 19.4. The van der Waals surface area contributed by atoms with Crippen molar-refractivity contribution in [2.75, 3.05) is 6.61 Å². The van der Waals surface area contributed by atoms with E-state index in [1.807, 2.05) is 0 Å². The molecule has 1 saturated carbocycles. The van der Waals surface area contributed by atoms with Crippen LogP contribution in [0.2, 0.25) is 0 Å². The summed E-state index contributed by atoms with van der Waals surface area (Å²) in [6.07, 6.45) is -1.04. The molecule has 0 heterocycles. The Hall–Kier alpha value is -1.07. The van der Waals surface area contributed by atoms with Gasteiger partial charge in [0, 0.05) is 0 Å². The molecular formula is C11H15F3O3. The molecule has 1 rings (SSSR count). The number of alkyl halides is 3. The summed E-state index contributed by atoms with van der Waals surface area (Å²) in [6, 6.07) is 0. The Kier molecular flexibility index (Phi) is 4.96. The van der Waals surface area contributed by atoms with E-state index in [2.05, 4.69) is 4.74 Å². The van der Waals surface area contributed by atoms with Crippen LogP contribution in [0.4, 0.5) is 13.2 Å². The second kappa shape index (κ2) is 6.02. The van der Waals surface area contributed by atoms with Gasteiger partial charge >= 0.3 is 12.1 Å². The maximum absolute atomic E-state index is 11.8. The van der Waals surface area contributed by atoms with Crippen LogP contribution in [0.5, 0.6) is 0 Å². The number of esters is 1. The molecule has 1 fully saturated rings. The largest absolute Gasteiger partial charge is 0.465 e. The summed E-state index contributed by atoms with van der Waals surface area (Å²) in [5, 5.41) is 0. The molecule has 0 aliphatic heterocycles. The van der Waals surface area contributed by atoms with Gasteiger partial charge in [-0.05, 0) is 18.8 Å². The molecule has 17 heavy (non-hydrogen) atoms. The summed E-state index contributed by atoms with van der Waals surface area (Å²) >= 11 is 0. The van der Waals surface area contributed by atoms with Crippen molar-refractivity contribution in [3.8, 4) is 0 Å². The monoisotopic (exact) mass is 252 g/mol. The van der Waals surface area contributed by atoms with E-state index >= 15 is 0 Å². The Balaban J connectivity index is 2.23. The van der Waals surface area contributed by atoms with E-state index in [1.165, 1.54) is 0 Å². The molecule has 0 aromatic carbocycles. The van der Waals surface area contributed by atoms with Crippen molar-refractivity contribution in [2.24, 2.45) is 5.92 Å². The predicted molar refractivity (Wildman–Crippen MR) is 53.2 cm³/mol. The van der Waals surface area contributed by atoms with Gasteiger partial charge in [-0.1, -0.05) is 19.3 Å². The molecule has 0 radical (unpaired) electrons. The molecule has 0 atom stereocenters. The van der Waals surface area contributed by atoms with Crippen molar-refractivity contribution in [2.45, 2.75) is 44.7 Å². The van der Waals surface area contributed by atoms with E-state index in [1.54, 1.807) is 0 Å². The third-order valence-electron chi connectivity index (χ3n) is 2.83. The number of Topliss-reactive ketones (excluding diaryl/α,β-unsaturated/α-hetero) is 1. The van der Waals surface area contributed by atoms with Gasteiger partial charge in [0.05, 0.1) is 6.61 Å². The van der Waals surface area contributed by atoms with Crippen molar-refractivity contribution >= 4 is 11.8 Å². The van der Waals surface area contributed by atoms with Crippen molar-refractivity contribution in [3.63, 3.8) is 0 Å². The maximum atomic E-state index is 11.8. The van der Waals surface area contributed by atoms with Crippen LogP contribution < -0.4 is 0 Å². The Morgan fingerprint density at radius 3 is 2.24 bits per heavy atom. The van der Waals surface area contributed by atoms with E-state index in [0.717, 1.165) is 32.1 Å². The first-order chi connectivity index (χ1) is 7.89. The van der Waals surface area contributed by atoms with Crippen molar-refractivity contribution in [3.05, 3.63) is 0 Å². The molecule has 0 unspecified atom stereocenters. The first kappa shape index (κ1) is 14.0. The van der Waals surface area contributed by atoms with Crippen LogP contribution in [0.15, 0.2) is 0 Å². The Bertz CT molecular complexity index is 280. The van der Waals surface area contributed by atoms with Crippen LogP contribution in [0.25, 0.3) is 0 Å². The summed E-state index contributed by atoms with van der Waals surface area (Å²) in [7, 11) is 0. The standard InChI is InChI=1S/C11H15F3O3/c12-11(13,14)9(15)6-10(16)17-7-8-4-2-1-3-5-8/h8H,1-7H2.